The number of Topliss-reactive ketones (excluding diaryl/α,β-unsaturated/α-hetero) is 1. The van der Waals surface area contributed by atoms with Crippen LogP contribution in [-0.2, 0) is 25.7 Å². The van der Waals surface area contributed by atoms with Crippen LogP contribution in [0.25, 0.3) is 0 Å². The summed E-state index contributed by atoms with van der Waals surface area (Å²) in [6.07, 6.45) is 5.78. The molecule has 4 aromatic rings. The van der Waals surface area contributed by atoms with Crippen molar-refractivity contribution < 1.29 is 43.1 Å². The van der Waals surface area contributed by atoms with Crippen molar-refractivity contribution >= 4 is 75.0 Å². The summed E-state index contributed by atoms with van der Waals surface area (Å²) in [7, 11) is 0. The van der Waals surface area contributed by atoms with Crippen LogP contribution in [0.5, 0.6) is 5.75 Å². The first-order valence-electron chi connectivity index (χ1n) is 21.7. The minimum Gasteiger partial charge on any atom is -0.508 e. The minimum absolute atomic E-state index is 0.0209. The molecular weight excluding hydrogens is 874 g/mol. The van der Waals surface area contributed by atoms with Crippen molar-refractivity contribution in [3.05, 3.63) is 111 Å². The summed E-state index contributed by atoms with van der Waals surface area (Å²) in [6.45, 7) is 4.43. The van der Waals surface area contributed by atoms with E-state index < -0.39 is 41.4 Å². The molecule has 1 aromatic heterocycles. The third kappa shape index (κ3) is 9.06. The second kappa shape index (κ2) is 18.7. The van der Waals surface area contributed by atoms with Gasteiger partial charge in [-0.05, 0) is 79.5 Å². The van der Waals surface area contributed by atoms with Crippen LogP contribution < -0.4 is 15.5 Å². The number of anilines is 2. The molecule has 5 aliphatic rings. The van der Waals surface area contributed by atoms with Gasteiger partial charge in [-0.2, -0.15) is 0 Å². The van der Waals surface area contributed by atoms with Crippen LogP contribution in [-0.4, -0.2) is 117 Å². The molecule has 5 amide bonds. The van der Waals surface area contributed by atoms with Crippen LogP contribution in [0.3, 0.4) is 0 Å². The van der Waals surface area contributed by atoms with Gasteiger partial charge in [0.05, 0.1) is 5.92 Å². The molecule has 0 bridgehead atoms. The predicted octanol–water partition coefficient (Wildman–Crippen LogP) is 5.37. The number of rotatable bonds is 12. The van der Waals surface area contributed by atoms with Crippen molar-refractivity contribution in [2.45, 2.75) is 62.0 Å². The van der Waals surface area contributed by atoms with E-state index in [4.69, 9.17) is 0 Å². The van der Waals surface area contributed by atoms with E-state index in [9.17, 15) is 43.1 Å². The third-order valence-electron chi connectivity index (χ3n) is 12.9. The number of phenolic OH excluding ortho intramolecular Hbond substituents is 1. The van der Waals surface area contributed by atoms with Gasteiger partial charge in [0.1, 0.15) is 17.6 Å². The molecule has 0 saturated carbocycles. The lowest BCUT2D eigenvalue weighted by atomic mass is 9.80. The zero-order chi connectivity index (χ0) is 45.4. The normalized spacial score (nSPS) is 19.8. The molecule has 5 heterocycles. The Bertz CT molecular complexity index is 2620. The predicted molar refractivity (Wildman–Crippen MR) is 240 cm³/mol. The average Bonchev–Trinajstić information content (AvgIpc) is 3.94. The number of ketones is 2. The molecule has 2 atom stereocenters. The summed E-state index contributed by atoms with van der Waals surface area (Å²) < 4.78 is 14.4. The molecule has 9 rings (SSSR count). The second-order valence-electron chi connectivity index (χ2n) is 16.8. The number of thioether (sulfide) groups is 1. The van der Waals surface area contributed by atoms with Gasteiger partial charge in [0.15, 0.2) is 16.7 Å². The Morgan fingerprint density at radius 2 is 1.75 bits per heavy atom. The van der Waals surface area contributed by atoms with E-state index in [1.165, 1.54) is 46.3 Å². The number of piperazine rings is 1. The molecule has 65 heavy (non-hydrogen) atoms. The number of hydrogen-bond donors (Lipinski definition) is 3. The Morgan fingerprint density at radius 1 is 0.954 bits per heavy atom. The number of nitrogens with one attached hydrogen (secondary N) is 2. The number of imide groups is 1. The molecule has 3 aromatic carbocycles. The molecule has 336 valence electrons. The number of carbonyl (C=O) groups excluding carboxylic acids is 7. The van der Waals surface area contributed by atoms with E-state index in [-0.39, 0.29) is 64.9 Å². The lowest BCUT2D eigenvalue weighted by Gasteiger charge is -2.43. The smallest absolute Gasteiger partial charge is 0.255 e. The Kier molecular flexibility index (Phi) is 12.7. The first kappa shape index (κ1) is 44.0. The van der Waals surface area contributed by atoms with Crippen molar-refractivity contribution in [1.29, 1.82) is 0 Å². The largest absolute Gasteiger partial charge is 0.508 e. The highest BCUT2D eigenvalue weighted by atomic mass is 32.2. The summed E-state index contributed by atoms with van der Waals surface area (Å²) in [6, 6.07) is 13.2. The van der Waals surface area contributed by atoms with Crippen molar-refractivity contribution in [2.24, 2.45) is 5.92 Å². The maximum Gasteiger partial charge on any atom is 0.255 e. The third-order valence-corrected chi connectivity index (χ3v) is 14.8. The monoisotopic (exact) mass is 919 g/mol. The number of halogens is 1. The standard InChI is InChI=1S/C47H46FN7O8S2/c48-28-7-10-36(56)35(23-28)42(45(62)51-47-49-14-22-65-47)55-26-27-6-8-30(24-33(27)46(55)63)52-15-12-29(13-16-52)53-17-19-54(20-18-53)40(59)5-2-21-64-38-4-1-3-32-37(57)25-34(43(60)41(32)38)31-9-11-39(58)50-44(31)61/h1,3-4,6-8,10,14,22-25,29,31,42,56H,2,5,9,11-13,15-21,26H2,(H,49,51,62)(H,50,58,61). The second-order valence-corrected chi connectivity index (χ2v) is 18.8. The Labute approximate surface area is 382 Å². The Hall–Kier alpha value is -6.24. The van der Waals surface area contributed by atoms with Crippen LogP contribution >= 0.6 is 23.1 Å². The minimum atomic E-state index is -1.31. The molecule has 1 aliphatic carbocycles. The zero-order valence-corrected chi connectivity index (χ0v) is 36.9. The molecule has 15 nitrogen and oxygen atoms in total. The van der Waals surface area contributed by atoms with Crippen LogP contribution in [0.4, 0.5) is 15.2 Å². The number of fused-ring (bicyclic) bond motifs is 2. The van der Waals surface area contributed by atoms with Gasteiger partial charge in [-0.25, -0.2) is 9.37 Å². The van der Waals surface area contributed by atoms with E-state index in [0.717, 1.165) is 62.4 Å². The quantitative estimate of drug-likeness (QED) is 0.0939. The zero-order valence-electron chi connectivity index (χ0n) is 35.3. The molecule has 2 unspecified atom stereocenters. The molecule has 3 N–H and O–H groups in total. The van der Waals surface area contributed by atoms with Gasteiger partial charge in [-0.3, -0.25) is 49.1 Å². The highest BCUT2D eigenvalue weighted by Crippen LogP contribution is 2.39. The first-order valence-corrected chi connectivity index (χ1v) is 23.6. The fraction of sp³-hybridized carbons (Fsp3) is 0.362. The molecule has 4 aliphatic heterocycles. The Morgan fingerprint density at radius 3 is 2.51 bits per heavy atom. The summed E-state index contributed by atoms with van der Waals surface area (Å²) in [4.78, 5) is 105. The topological polar surface area (TPSA) is 190 Å². The number of amides is 5. The van der Waals surface area contributed by atoms with Crippen LogP contribution in [0.2, 0.25) is 0 Å². The number of aromatic nitrogens is 1. The number of piperidine rings is 2. The number of aromatic hydroxyl groups is 1. The number of benzene rings is 3. The fourth-order valence-electron chi connectivity index (χ4n) is 9.53. The lowest BCUT2D eigenvalue weighted by molar-refractivity contribution is -0.135. The number of hydrogen-bond acceptors (Lipinski definition) is 13. The van der Waals surface area contributed by atoms with E-state index in [0.29, 0.717) is 53.3 Å². The highest BCUT2D eigenvalue weighted by Gasteiger charge is 2.41. The maximum absolute atomic E-state index is 14.4. The van der Waals surface area contributed by atoms with Gasteiger partial charge in [0, 0.05) is 115 Å². The van der Waals surface area contributed by atoms with E-state index in [2.05, 4.69) is 25.4 Å². The molecular formula is C47H46FN7O8S2. The van der Waals surface area contributed by atoms with Gasteiger partial charge in [-0.1, -0.05) is 18.2 Å². The maximum atomic E-state index is 14.4. The first-order chi connectivity index (χ1) is 31.4. The van der Waals surface area contributed by atoms with E-state index >= 15 is 0 Å². The van der Waals surface area contributed by atoms with Gasteiger partial charge < -0.3 is 19.8 Å². The SMILES string of the molecule is O=C1CCC(C2=CC(=O)c3cccc(SCCCC(=O)N4CCN(C5CCN(c6ccc7c(c6)C(=O)N(C(C(=O)Nc6nccs6)c6cc(F)ccc6O)C7)CC5)CC4)c3C2=O)C(=O)N1. The van der Waals surface area contributed by atoms with Crippen molar-refractivity contribution in [3.8, 4) is 5.75 Å². The molecule has 3 saturated heterocycles. The summed E-state index contributed by atoms with van der Waals surface area (Å²) in [5.74, 6) is -3.87. The van der Waals surface area contributed by atoms with Crippen molar-refractivity contribution in [1.82, 2.24) is 25.0 Å². The number of nitrogens with zero attached hydrogens (tertiary/aromatic N) is 5. The van der Waals surface area contributed by atoms with Gasteiger partial charge in [-0.15, -0.1) is 23.1 Å². The van der Waals surface area contributed by atoms with Gasteiger partial charge in [0.25, 0.3) is 11.8 Å². The fourth-order valence-corrected chi connectivity index (χ4v) is 11.1. The van der Waals surface area contributed by atoms with Gasteiger partial charge in [0.2, 0.25) is 17.7 Å². The number of thiazole rings is 1. The summed E-state index contributed by atoms with van der Waals surface area (Å²) in [5, 5.41) is 17.7. The van der Waals surface area contributed by atoms with Crippen molar-refractivity contribution in [2.75, 3.05) is 55.2 Å². The summed E-state index contributed by atoms with van der Waals surface area (Å²) >= 11 is 2.62. The average molecular weight is 920 g/mol. The van der Waals surface area contributed by atoms with Gasteiger partial charge >= 0.3 is 0 Å². The highest BCUT2D eigenvalue weighted by molar-refractivity contribution is 7.99. The van der Waals surface area contributed by atoms with Crippen LogP contribution in [0, 0.1) is 11.7 Å². The number of phenols is 1. The van der Waals surface area contributed by atoms with Crippen LogP contribution in [0.15, 0.2) is 82.7 Å². The van der Waals surface area contributed by atoms with E-state index in [1.54, 1.807) is 23.6 Å². The number of allylic oxidation sites excluding steroid dienone is 1. The molecule has 0 spiro atoms. The van der Waals surface area contributed by atoms with Crippen molar-refractivity contribution in [3.63, 3.8) is 0 Å². The van der Waals surface area contributed by atoms with Crippen LogP contribution in [0.1, 0.15) is 86.8 Å². The lowest BCUT2D eigenvalue weighted by Crippen LogP contribution is -2.54. The molecule has 3 fully saturated rings. The summed E-state index contributed by atoms with van der Waals surface area (Å²) in [5.41, 5.74) is 2.73. The molecule has 0 radical (unpaired) electrons. The Balaban J connectivity index is 0.747. The van der Waals surface area contributed by atoms with E-state index in [1.807, 2.05) is 23.1 Å². The number of carbonyl (C=O) groups is 7. The molecule has 18 heteroatoms.